The Balaban J connectivity index is 2.07. The van der Waals surface area contributed by atoms with E-state index in [0.29, 0.717) is 11.4 Å². The van der Waals surface area contributed by atoms with E-state index in [1.165, 1.54) is 23.9 Å². The predicted molar refractivity (Wildman–Crippen MR) is 106 cm³/mol. The Kier molecular flexibility index (Phi) is 7.72. The summed E-state index contributed by atoms with van der Waals surface area (Å²) in [5.74, 6) is -1.73. The van der Waals surface area contributed by atoms with Gasteiger partial charge in [0.05, 0.1) is 15.4 Å². The number of carbonyl (C=O) groups is 3. The summed E-state index contributed by atoms with van der Waals surface area (Å²) in [6.45, 7) is 3.25. The molecule has 0 heterocycles. The number of amides is 3. The van der Waals surface area contributed by atoms with E-state index in [0.717, 1.165) is 16.5 Å². The van der Waals surface area contributed by atoms with Crippen molar-refractivity contribution in [1.82, 2.24) is 10.6 Å². The average molecular weight is 417 g/mol. The zero-order valence-electron chi connectivity index (χ0n) is 15.8. The lowest BCUT2D eigenvalue weighted by atomic mass is 10.2. The van der Waals surface area contributed by atoms with E-state index in [9.17, 15) is 24.5 Å². The highest BCUT2D eigenvalue weighted by molar-refractivity contribution is 7.99. The molecular weight excluding hydrogens is 398 g/mol. The van der Waals surface area contributed by atoms with E-state index in [1.54, 1.807) is 6.92 Å². The number of nitro benzene ring substituents is 1. The van der Waals surface area contributed by atoms with Crippen molar-refractivity contribution in [3.63, 3.8) is 0 Å². The van der Waals surface area contributed by atoms with Crippen LogP contribution in [0.4, 0.5) is 10.5 Å². The number of imide groups is 1. The Bertz CT molecular complexity index is 930. The van der Waals surface area contributed by atoms with Crippen molar-refractivity contribution in [2.45, 2.75) is 23.6 Å². The first-order valence-corrected chi connectivity index (χ1v) is 9.39. The Morgan fingerprint density at radius 3 is 2.45 bits per heavy atom. The van der Waals surface area contributed by atoms with Crippen molar-refractivity contribution in [1.29, 1.82) is 0 Å². The van der Waals surface area contributed by atoms with Gasteiger partial charge in [0.15, 0.2) is 6.61 Å². The van der Waals surface area contributed by atoms with Crippen LogP contribution in [0.2, 0.25) is 0 Å². The second kappa shape index (κ2) is 10.2. The minimum absolute atomic E-state index is 0.0734. The molecule has 0 unspecified atom stereocenters. The number of aryl methyl sites for hydroxylation is 1. The summed E-state index contributed by atoms with van der Waals surface area (Å²) in [4.78, 5) is 46.9. The van der Waals surface area contributed by atoms with Crippen LogP contribution in [0.1, 0.15) is 22.8 Å². The number of nitro groups is 1. The summed E-state index contributed by atoms with van der Waals surface area (Å²) < 4.78 is 4.81. The molecule has 9 nitrogen and oxygen atoms in total. The number of ether oxygens (including phenoxy) is 1. The highest BCUT2D eigenvalue weighted by atomic mass is 32.2. The first-order valence-electron chi connectivity index (χ1n) is 8.58. The number of urea groups is 1. The molecule has 3 amide bonds. The van der Waals surface area contributed by atoms with Gasteiger partial charge in [-0.15, -0.1) is 0 Å². The molecule has 0 atom stereocenters. The van der Waals surface area contributed by atoms with Crippen LogP contribution in [0.15, 0.2) is 52.3 Å². The van der Waals surface area contributed by atoms with Crippen LogP contribution in [0.3, 0.4) is 0 Å². The van der Waals surface area contributed by atoms with Gasteiger partial charge in [-0.2, -0.15) is 0 Å². The molecule has 0 radical (unpaired) electrons. The summed E-state index contributed by atoms with van der Waals surface area (Å²) in [5.41, 5.74) is 0.741. The second-order valence-corrected chi connectivity index (χ2v) is 6.95. The first kappa shape index (κ1) is 21.9. The Morgan fingerprint density at radius 2 is 1.83 bits per heavy atom. The van der Waals surface area contributed by atoms with Gasteiger partial charge in [0.1, 0.15) is 0 Å². The zero-order valence-corrected chi connectivity index (χ0v) is 16.6. The van der Waals surface area contributed by atoms with Crippen molar-refractivity contribution >= 4 is 35.4 Å². The molecule has 2 aromatic carbocycles. The fourth-order valence-electron chi connectivity index (χ4n) is 2.19. The van der Waals surface area contributed by atoms with E-state index in [2.05, 4.69) is 5.32 Å². The molecule has 0 saturated carbocycles. The summed E-state index contributed by atoms with van der Waals surface area (Å²) in [6, 6.07) is 10.7. The fourth-order valence-corrected chi connectivity index (χ4v) is 3.09. The maximum Gasteiger partial charge on any atom is 0.338 e. The monoisotopic (exact) mass is 417 g/mol. The van der Waals surface area contributed by atoms with E-state index < -0.39 is 29.4 Å². The SMILES string of the molecule is CCNC(=O)NC(=O)COC(=O)c1ccc(Sc2ccc(C)cc2)c([N+](=O)[O-])c1. The molecule has 0 spiro atoms. The van der Waals surface area contributed by atoms with Crippen molar-refractivity contribution in [2.24, 2.45) is 0 Å². The number of hydrogen-bond donors (Lipinski definition) is 2. The predicted octanol–water partition coefficient (Wildman–Crippen LogP) is 3.06. The third-order valence-corrected chi connectivity index (χ3v) is 4.64. The Hall–Kier alpha value is -3.40. The maximum absolute atomic E-state index is 12.1. The van der Waals surface area contributed by atoms with Gasteiger partial charge in [0, 0.05) is 17.5 Å². The number of rotatable bonds is 7. The van der Waals surface area contributed by atoms with Gasteiger partial charge in [-0.3, -0.25) is 20.2 Å². The molecule has 29 heavy (non-hydrogen) atoms. The Labute approximate surface area is 171 Å². The second-order valence-electron chi connectivity index (χ2n) is 5.84. The number of hydrogen-bond acceptors (Lipinski definition) is 7. The molecule has 0 bridgehead atoms. The van der Waals surface area contributed by atoms with Crippen LogP contribution < -0.4 is 10.6 Å². The minimum Gasteiger partial charge on any atom is -0.452 e. The smallest absolute Gasteiger partial charge is 0.338 e. The van der Waals surface area contributed by atoms with Gasteiger partial charge in [-0.25, -0.2) is 9.59 Å². The molecule has 2 rings (SSSR count). The van der Waals surface area contributed by atoms with Crippen LogP contribution >= 0.6 is 11.8 Å². The quantitative estimate of drug-likeness (QED) is 0.402. The van der Waals surface area contributed by atoms with Gasteiger partial charge in [-0.1, -0.05) is 29.5 Å². The van der Waals surface area contributed by atoms with E-state index in [-0.39, 0.29) is 11.3 Å². The van der Waals surface area contributed by atoms with Gasteiger partial charge in [-0.05, 0) is 38.1 Å². The lowest BCUT2D eigenvalue weighted by molar-refractivity contribution is -0.387. The minimum atomic E-state index is -0.911. The first-order chi connectivity index (χ1) is 13.8. The number of nitrogens with one attached hydrogen (secondary N) is 2. The summed E-state index contributed by atoms with van der Waals surface area (Å²) in [6.07, 6.45) is 0. The maximum atomic E-state index is 12.1. The van der Waals surface area contributed by atoms with E-state index >= 15 is 0 Å². The molecule has 0 fully saturated rings. The average Bonchev–Trinajstić information content (AvgIpc) is 2.68. The molecule has 0 aliphatic carbocycles. The molecule has 2 N–H and O–H groups in total. The molecular formula is C19H19N3O6S. The summed E-state index contributed by atoms with van der Waals surface area (Å²) in [5, 5.41) is 15.8. The standard InChI is InChI=1S/C19H19N3O6S/c1-3-20-19(25)21-17(23)11-28-18(24)13-6-9-16(15(10-13)22(26)27)29-14-7-4-12(2)5-8-14/h4-10H,3,11H2,1-2H3,(H2,20,21,23,25). The van der Waals surface area contributed by atoms with Gasteiger partial charge in [0.2, 0.25) is 0 Å². The molecule has 0 aliphatic heterocycles. The van der Waals surface area contributed by atoms with Gasteiger partial charge < -0.3 is 10.1 Å². The molecule has 10 heteroatoms. The molecule has 0 aromatic heterocycles. The van der Waals surface area contributed by atoms with Crippen LogP contribution in [-0.2, 0) is 9.53 Å². The third kappa shape index (κ3) is 6.61. The normalized spacial score (nSPS) is 10.1. The van der Waals surface area contributed by atoms with Crippen molar-refractivity contribution < 1.29 is 24.0 Å². The third-order valence-electron chi connectivity index (χ3n) is 3.56. The largest absolute Gasteiger partial charge is 0.452 e. The number of benzene rings is 2. The number of carbonyl (C=O) groups excluding carboxylic acids is 3. The summed E-state index contributed by atoms with van der Waals surface area (Å²) in [7, 11) is 0. The highest BCUT2D eigenvalue weighted by Crippen LogP contribution is 2.35. The zero-order chi connectivity index (χ0) is 21.4. The molecule has 2 aromatic rings. The lowest BCUT2D eigenvalue weighted by Crippen LogP contribution is -2.41. The molecule has 0 aliphatic rings. The van der Waals surface area contributed by atoms with Crippen LogP contribution in [0.25, 0.3) is 0 Å². The fraction of sp³-hybridized carbons (Fsp3) is 0.211. The van der Waals surface area contributed by atoms with Crippen LogP contribution in [0, 0.1) is 17.0 Å². The van der Waals surface area contributed by atoms with Crippen LogP contribution in [-0.4, -0.2) is 36.0 Å². The molecule has 0 saturated heterocycles. The summed E-state index contributed by atoms with van der Waals surface area (Å²) >= 11 is 1.20. The Morgan fingerprint density at radius 1 is 1.14 bits per heavy atom. The topological polar surface area (TPSA) is 128 Å². The highest BCUT2D eigenvalue weighted by Gasteiger charge is 2.20. The number of nitrogens with zero attached hydrogens (tertiary/aromatic N) is 1. The number of esters is 1. The lowest BCUT2D eigenvalue weighted by Gasteiger charge is -2.08. The van der Waals surface area contributed by atoms with E-state index in [4.69, 9.17) is 4.74 Å². The molecule has 152 valence electrons. The van der Waals surface area contributed by atoms with Crippen molar-refractivity contribution in [2.75, 3.05) is 13.2 Å². The van der Waals surface area contributed by atoms with E-state index in [1.807, 2.05) is 36.5 Å². The van der Waals surface area contributed by atoms with Crippen molar-refractivity contribution in [3.8, 4) is 0 Å². The van der Waals surface area contributed by atoms with Gasteiger partial charge in [0.25, 0.3) is 11.6 Å². The van der Waals surface area contributed by atoms with Gasteiger partial charge >= 0.3 is 12.0 Å². The van der Waals surface area contributed by atoms with Crippen molar-refractivity contribution in [3.05, 3.63) is 63.7 Å². The van der Waals surface area contributed by atoms with Crippen LogP contribution in [0.5, 0.6) is 0 Å².